The van der Waals surface area contributed by atoms with Gasteiger partial charge in [0.15, 0.2) is 0 Å². The van der Waals surface area contributed by atoms with E-state index in [1.807, 2.05) is 24.3 Å². The molecule has 0 aromatic heterocycles. The summed E-state index contributed by atoms with van der Waals surface area (Å²) in [6.45, 7) is 0.345. The number of nitrogens with zero attached hydrogens (tertiary/aromatic N) is 1. The van der Waals surface area contributed by atoms with Crippen molar-refractivity contribution in [3.63, 3.8) is 0 Å². The average molecular weight is 198 g/mol. The molecule has 1 aliphatic rings. The second-order valence-electron chi connectivity index (χ2n) is 2.76. The van der Waals surface area contributed by atoms with Gasteiger partial charge in [0.05, 0.1) is 0 Å². The first-order valence-corrected chi connectivity index (χ1v) is 4.35. The Hall–Kier alpha value is -1.22. The Bertz CT molecular complexity index is 351. The third kappa shape index (κ3) is 1.35. The predicted molar refractivity (Wildman–Crippen MR) is 49.9 cm³/mol. The van der Waals surface area contributed by atoms with Crippen molar-refractivity contribution >= 4 is 17.3 Å². The molecule has 0 radical (unpaired) electrons. The molecule has 0 amide bonds. The van der Waals surface area contributed by atoms with Crippen molar-refractivity contribution in [2.24, 2.45) is 5.16 Å². The highest BCUT2D eigenvalue weighted by Gasteiger charge is 2.25. The Kier molecular flexibility index (Phi) is 2.10. The van der Waals surface area contributed by atoms with Gasteiger partial charge in [-0.3, -0.25) is 0 Å². The maximum Gasteiger partial charge on any atom is 0.128 e. The minimum Gasteiger partial charge on any atom is -0.491 e. The van der Waals surface area contributed by atoms with E-state index in [4.69, 9.17) is 21.5 Å². The zero-order valence-electron chi connectivity index (χ0n) is 6.77. The van der Waals surface area contributed by atoms with Gasteiger partial charge < -0.3 is 9.94 Å². The predicted octanol–water partition coefficient (Wildman–Crippen LogP) is 1.86. The van der Waals surface area contributed by atoms with Gasteiger partial charge in [-0.05, 0) is 12.1 Å². The van der Waals surface area contributed by atoms with Gasteiger partial charge in [-0.25, -0.2) is 0 Å². The summed E-state index contributed by atoms with van der Waals surface area (Å²) in [7, 11) is 0. The van der Waals surface area contributed by atoms with Gasteiger partial charge in [-0.2, -0.15) is 0 Å². The highest BCUT2D eigenvalue weighted by molar-refractivity contribution is 6.36. The number of hydrogen-bond donors (Lipinski definition) is 1. The standard InChI is InChI=1S/C9H8ClNO2/c10-7-5-13-8-4-2-1-3-6(8)9(7)11-12/h1-4,7,12H,5H2. The van der Waals surface area contributed by atoms with Crippen LogP contribution < -0.4 is 4.74 Å². The molecule has 3 nitrogen and oxygen atoms in total. The summed E-state index contributed by atoms with van der Waals surface area (Å²) in [4.78, 5) is 0. The van der Waals surface area contributed by atoms with E-state index in [-0.39, 0.29) is 5.38 Å². The van der Waals surface area contributed by atoms with E-state index in [0.717, 1.165) is 5.56 Å². The van der Waals surface area contributed by atoms with E-state index in [1.54, 1.807) is 0 Å². The van der Waals surface area contributed by atoms with Crippen LogP contribution in [0.3, 0.4) is 0 Å². The molecule has 1 aliphatic heterocycles. The molecule has 1 atom stereocenters. The van der Waals surface area contributed by atoms with Crippen LogP contribution in [0.15, 0.2) is 29.4 Å². The summed E-state index contributed by atoms with van der Waals surface area (Å²) in [5.41, 5.74) is 1.24. The Morgan fingerprint density at radius 1 is 1.46 bits per heavy atom. The number of para-hydroxylation sites is 1. The number of halogens is 1. The zero-order valence-corrected chi connectivity index (χ0v) is 7.53. The van der Waals surface area contributed by atoms with Gasteiger partial charge in [-0.15, -0.1) is 11.6 Å². The molecule has 0 spiro atoms. The highest BCUT2D eigenvalue weighted by Crippen LogP contribution is 2.26. The molecular weight excluding hydrogens is 190 g/mol. The second kappa shape index (κ2) is 3.26. The van der Waals surface area contributed by atoms with Crippen molar-refractivity contribution in [2.45, 2.75) is 5.38 Å². The summed E-state index contributed by atoms with van der Waals surface area (Å²) in [6.07, 6.45) is 0. The molecule has 1 unspecified atom stereocenters. The van der Waals surface area contributed by atoms with Crippen LogP contribution in [-0.4, -0.2) is 22.9 Å². The first kappa shape index (κ1) is 8.38. The van der Waals surface area contributed by atoms with Gasteiger partial charge in [0.1, 0.15) is 23.4 Å². The van der Waals surface area contributed by atoms with Crippen LogP contribution in [0.5, 0.6) is 5.75 Å². The van der Waals surface area contributed by atoms with Crippen LogP contribution >= 0.6 is 11.6 Å². The molecule has 1 aromatic carbocycles. The van der Waals surface area contributed by atoms with E-state index in [0.29, 0.717) is 18.1 Å². The van der Waals surface area contributed by atoms with Crippen LogP contribution in [0.25, 0.3) is 0 Å². The fourth-order valence-corrected chi connectivity index (χ4v) is 1.56. The monoisotopic (exact) mass is 197 g/mol. The molecule has 2 rings (SSSR count). The number of benzene rings is 1. The van der Waals surface area contributed by atoms with Gasteiger partial charge in [0.25, 0.3) is 0 Å². The summed E-state index contributed by atoms with van der Waals surface area (Å²) >= 11 is 5.89. The summed E-state index contributed by atoms with van der Waals surface area (Å²) in [5.74, 6) is 0.715. The number of fused-ring (bicyclic) bond motifs is 1. The lowest BCUT2D eigenvalue weighted by molar-refractivity contribution is 0.299. The molecule has 1 aromatic rings. The Labute approximate surface area is 80.6 Å². The molecule has 0 bridgehead atoms. The third-order valence-corrected chi connectivity index (χ3v) is 2.29. The van der Waals surface area contributed by atoms with Crippen LogP contribution in [0.2, 0.25) is 0 Å². The summed E-state index contributed by atoms with van der Waals surface area (Å²) in [6, 6.07) is 7.35. The van der Waals surface area contributed by atoms with Gasteiger partial charge >= 0.3 is 0 Å². The molecule has 0 saturated heterocycles. The third-order valence-electron chi connectivity index (χ3n) is 1.95. The van der Waals surface area contributed by atoms with E-state index >= 15 is 0 Å². The number of oxime groups is 1. The topological polar surface area (TPSA) is 41.8 Å². The molecule has 4 heteroatoms. The molecular formula is C9H8ClNO2. The second-order valence-corrected chi connectivity index (χ2v) is 3.29. The summed E-state index contributed by atoms with van der Waals surface area (Å²) < 4.78 is 5.34. The van der Waals surface area contributed by atoms with E-state index in [1.165, 1.54) is 0 Å². The Morgan fingerprint density at radius 3 is 3.00 bits per heavy atom. The lowest BCUT2D eigenvalue weighted by Crippen LogP contribution is -2.29. The van der Waals surface area contributed by atoms with Gasteiger partial charge in [0, 0.05) is 5.56 Å². The fraction of sp³-hybridized carbons (Fsp3) is 0.222. The Morgan fingerprint density at radius 2 is 2.23 bits per heavy atom. The average Bonchev–Trinajstić information content (AvgIpc) is 2.18. The number of ether oxygens (including phenoxy) is 1. The van der Waals surface area contributed by atoms with Crippen LogP contribution in [0.1, 0.15) is 5.56 Å². The number of alkyl halides is 1. The van der Waals surface area contributed by atoms with Crippen LogP contribution in [0.4, 0.5) is 0 Å². The zero-order chi connectivity index (χ0) is 9.26. The molecule has 0 fully saturated rings. The quantitative estimate of drug-likeness (QED) is 0.392. The van der Waals surface area contributed by atoms with Crippen molar-refractivity contribution in [3.8, 4) is 5.75 Å². The highest BCUT2D eigenvalue weighted by atomic mass is 35.5. The van der Waals surface area contributed by atoms with E-state index < -0.39 is 0 Å². The molecule has 13 heavy (non-hydrogen) atoms. The first-order valence-electron chi connectivity index (χ1n) is 3.91. The number of rotatable bonds is 0. The smallest absolute Gasteiger partial charge is 0.128 e. The normalized spacial score (nSPS) is 23.8. The largest absolute Gasteiger partial charge is 0.491 e. The Balaban J connectivity index is 2.52. The SMILES string of the molecule is ON=C1c2ccccc2OCC1Cl. The van der Waals surface area contributed by atoms with Crippen molar-refractivity contribution < 1.29 is 9.94 Å². The van der Waals surface area contributed by atoms with Crippen molar-refractivity contribution in [1.82, 2.24) is 0 Å². The molecule has 68 valence electrons. The maximum absolute atomic E-state index is 8.76. The summed E-state index contributed by atoms with van der Waals surface area (Å²) in [5, 5.41) is 11.6. The molecule has 0 aliphatic carbocycles. The van der Waals surface area contributed by atoms with Crippen molar-refractivity contribution in [3.05, 3.63) is 29.8 Å². The first-order chi connectivity index (χ1) is 6.33. The van der Waals surface area contributed by atoms with Crippen LogP contribution in [0, 0.1) is 0 Å². The van der Waals surface area contributed by atoms with Gasteiger partial charge in [0.2, 0.25) is 0 Å². The van der Waals surface area contributed by atoms with Crippen molar-refractivity contribution in [2.75, 3.05) is 6.61 Å². The van der Waals surface area contributed by atoms with E-state index in [2.05, 4.69) is 5.16 Å². The minimum absolute atomic E-state index is 0.345. The van der Waals surface area contributed by atoms with Gasteiger partial charge in [-0.1, -0.05) is 17.3 Å². The lowest BCUT2D eigenvalue weighted by Gasteiger charge is -2.21. The molecule has 1 N–H and O–H groups in total. The molecule has 0 saturated carbocycles. The maximum atomic E-state index is 8.76. The van der Waals surface area contributed by atoms with Crippen molar-refractivity contribution in [1.29, 1.82) is 0 Å². The van der Waals surface area contributed by atoms with E-state index in [9.17, 15) is 0 Å². The lowest BCUT2D eigenvalue weighted by atomic mass is 10.0. The fourth-order valence-electron chi connectivity index (χ4n) is 1.33. The number of hydrogen-bond acceptors (Lipinski definition) is 3. The van der Waals surface area contributed by atoms with Crippen LogP contribution in [-0.2, 0) is 0 Å². The minimum atomic E-state index is -0.375. The molecule has 1 heterocycles.